The molecule has 6 nitrogen and oxygen atoms in total. The minimum absolute atomic E-state index is 0.0446. The molecule has 2 aromatic carbocycles. The zero-order chi connectivity index (χ0) is 23.3. The van der Waals surface area contributed by atoms with Crippen molar-refractivity contribution >= 4 is 29.9 Å². The molecule has 0 atom stereocenters. The highest BCUT2D eigenvalue weighted by Gasteiger charge is 2.29. The van der Waals surface area contributed by atoms with E-state index in [1.165, 1.54) is 24.3 Å². The summed E-state index contributed by atoms with van der Waals surface area (Å²) in [4.78, 5) is 37.8. The quantitative estimate of drug-likeness (QED) is 0.619. The van der Waals surface area contributed by atoms with Crippen LogP contribution in [0.4, 0.5) is 0 Å². The molecule has 6 heteroatoms. The third kappa shape index (κ3) is 5.39. The number of rotatable bonds is 7. The normalized spacial score (nSPS) is 17.3. The van der Waals surface area contributed by atoms with Gasteiger partial charge in [0.2, 0.25) is 0 Å². The van der Waals surface area contributed by atoms with Crippen molar-refractivity contribution in [3.63, 3.8) is 0 Å². The molecule has 0 aliphatic carbocycles. The summed E-state index contributed by atoms with van der Waals surface area (Å²) in [5.74, 6) is -2.02. The standard InChI is InChI=1S/C26H27NO5/c1-3-23(4-2)27-15-21(13-17-5-9-19(10-6-17)25(29)30)24(28)22(16-27)14-18-7-11-20(12-8-18)26(31)32/h5-14,23H,3-4,15-16H2,1-2H3,(H,29,30)(H,31,32)/b21-13+,22-14+. The molecule has 1 aliphatic rings. The van der Waals surface area contributed by atoms with Gasteiger partial charge in [0.15, 0.2) is 5.78 Å². The molecule has 0 saturated carbocycles. The number of likely N-dealkylation sites (tertiary alicyclic amines) is 1. The molecular weight excluding hydrogens is 406 g/mol. The number of hydrogen-bond acceptors (Lipinski definition) is 4. The van der Waals surface area contributed by atoms with Crippen molar-refractivity contribution in [1.82, 2.24) is 4.90 Å². The van der Waals surface area contributed by atoms with Crippen LogP contribution in [0.3, 0.4) is 0 Å². The lowest BCUT2D eigenvalue weighted by atomic mass is 9.92. The fraction of sp³-hybridized carbons (Fsp3) is 0.269. The first-order chi connectivity index (χ1) is 15.3. The van der Waals surface area contributed by atoms with E-state index in [-0.39, 0.29) is 16.9 Å². The largest absolute Gasteiger partial charge is 0.478 e. The second kappa shape index (κ2) is 10.2. The third-order valence-electron chi connectivity index (χ3n) is 5.79. The molecule has 32 heavy (non-hydrogen) atoms. The maximum Gasteiger partial charge on any atom is 0.335 e. The number of hydrogen-bond donors (Lipinski definition) is 2. The summed E-state index contributed by atoms with van der Waals surface area (Å²) in [5, 5.41) is 18.2. The Labute approximate surface area is 187 Å². The summed E-state index contributed by atoms with van der Waals surface area (Å²) < 4.78 is 0. The molecule has 0 amide bonds. The number of aromatic carboxylic acids is 2. The van der Waals surface area contributed by atoms with Crippen LogP contribution in [0, 0.1) is 0 Å². The summed E-state index contributed by atoms with van der Waals surface area (Å²) >= 11 is 0. The molecule has 2 aromatic rings. The van der Waals surface area contributed by atoms with Crippen LogP contribution in [0.2, 0.25) is 0 Å². The van der Waals surface area contributed by atoms with Gasteiger partial charge in [0.1, 0.15) is 0 Å². The lowest BCUT2D eigenvalue weighted by molar-refractivity contribution is -0.113. The van der Waals surface area contributed by atoms with Crippen LogP contribution in [-0.4, -0.2) is 52.0 Å². The number of carboxylic acid groups (broad SMARTS) is 2. The topological polar surface area (TPSA) is 94.9 Å². The summed E-state index contributed by atoms with van der Waals surface area (Å²) in [6, 6.07) is 13.3. The molecule has 1 aliphatic heterocycles. The van der Waals surface area contributed by atoms with Crippen LogP contribution >= 0.6 is 0 Å². The molecule has 0 bridgehead atoms. The Hall–Kier alpha value is -3.51. The van der Waals surface area contributed by atoms with Gasteiger partial charge in [-0.2, -0.15) is 0 Å². The number of carbonyl (C=O) groups is 3. The third-order valence-corrected chi connectivity index (χ3v) is 5.79. The molecular formula is C26H27NO5. The van der Waals surface area contributed by atoms with Crippen molar-refractivity contribution < 1.29 is 24.6 Å². The van der Waals surface area contributed by atoms with Crippen molar-refractivity contribution in [2.75, 3.05) is 13.1 Å². The molecule has 2 N–H and O–H groups in total. The van der Waals surface area contributed by atoms with Gasteiger partial charge in [0.25, 0.3) is 0 Å². The molecule has 0 spiro atoms. The Morgan fingerprint density at radius 3 is 1.50 bits per heavy atom. The Bertz CT molecular complexity index is 981. The van der Waals surface area contributed by atoms with Gasteiger partial charge in [-0.05, 0) is 60.4 Å². The lowest BCUT2D eigenvalue weighted by Crippen LogP contribution is -2.43. The number of nitrogens with zero attached hydrogens (tertiary/aromatic N) is 1. The number of ketones is 1. The Balaban J connectivity index is 1.96. The Morgan fingerprint density at radius 1 is 0.812 bits per heavy atom. The van der Waals surface area contributed by atoms with E-state index in [0.717, 1.165) is 24.0 Å². The average Bonchev–Trinajstić information content (AvgIpc) is 2.78. The minimum atomic E-state index is -0.989. The predicted molar refractivity (Wildman–Crippen MR) is 124 cm³/mol. The van der Waals surface area contributed by atoms with Crippen molar-refractivity contribution in [2.24, 2.45) is 0 Å². The van der Waals surface area contributed by atoms with Crippen LogP contribution in [0.1, 0.15) is 58.5 Å². The van der Waals surface area contributed by atoms with E-state index in [4.69, 9.17) is 10.2 Å². The highest BCUT2D eigenvalue weighted by Crippen LogP contribution is 2.25. The zero-order valence-electron chi connectivity index (χ0n) is 18.2. The second-order valence-corrected chi connectivity index (χ2v) is 7.90. The maximum atomic E-state index is 13.3. The fourth-order valence-electron chi connectivity index (χ4n) is 3.98. The van der Waals surface area contributed by atoms with Gasteiger partial charge in [0, 0.05) is 30.3 Å². The second-order valence-electron chi connectivity index (χ2n) is 7.90. The predicted octanol–water partition coefficient (Wildman–Crippen LogP) is 4.62. The highest BCUT2D eigenvalue weighted by molar-refractivity contribution is 6.14. The monoisotopic (exact) mass is 433 g/mol. The Kier molecular flexibility index (Phi) is 7.38. The highest BCUT2D eigenvalue weighted by atomic mass is 16.4. The van der Waals surface area contributed by atoms with Gasteiger partial charge >= 0.3 is 11.9 Å². The van der Waals surface area contributed by atoms with Gasteiger partial charge in [-0.3, -0.25) is 9.69 Å². The smallest absolute Gasteiger partial charge is 0.335 e. The molecule has 3 rings (SSSR count). The summed E-state index contributed by atoms with van der Waals surface area (Å²) in [5.41, 5.74) is 3.25. The van der Waals surface area contributed by atoms with E-state index >= 15 is 0 Å². The van der Waals surface area contributed by atoms with E-state index in [0.29, 0.717) is 30.3 Å². The van der Waals surface area contributed by atoms with Crippen molar-refractivity contribution in [1.29, 1.82) is 0 Å². The van der Waals surface area contributed by atoms with Crippen molar-refractivity contribution in [2.45, 2.75) is 32.7 Å². The molecule has 166 valence electrons. The van der Waals surface area contributed by atoms with Gasteiger partial charge in [-0.15, -0.1) is 0 Å². The molecule has 0 radical (unpaired) electrons. The number of Topliss-reactive ketones (excluding diaryl/α,β-unsaturated/α-hetero) is 1. The van der Waals surface area contributed by atoms with E-state index in [1.54, 1.807) is 24.3 Å². The first-order valence-corrected chi connectivity index (χ1v) is 10.7. The van der Waals surface area contributed by atoms with Crippen LogP contribution in [0.5, 0.6) is 0 Å². The van der Waals surface area contributed by atoms with E-state index < -0.39 is 11.9 Å². The first-order valence-electron chi connectivity index (χ1n) is 10.7. The van der Waals surface area contributed by atoms with Gasteiger partial charge in [-0.1, -0.05) is 38.1 Å². The van der Waals surface area contributed by atoms with E-state index in [9.17, 15) is 14.4 Å². The fourth-order valence-corrected chi connectivity index (χ4v) is 3.98. The van der Waals surface area contributed by atoms with Gasteiger partial charge < -0.3 is 10.2 Å². The van der Waals surface area contributed by atoms with Crippen LogP contribution in [0.25, 0.3) is 12.2 Å². The molecule has 1 fully saturated rings. The first kappa shape index (κ1) is 23.2. The van der Waals surface area contributed by atoms with E-state index in [1.807, 2.05) is 12.2 Å². The van der Waals surface area contributed by atoms with Crippen molar-refractivity contribution in [3.05, 3.63) is 81.9 Å². The summed E-state index contributed by atoms with van der Waals surface area (Å²) in [6.07, 6.45) is 5.57. The molecule has 1 saturated heterocycles. The molecule has 0 unspecified atom stereocenters. The zero-order valence-corrected chi connectivity index (χ0v) is 18.2. The van der Waals surface area contributed by atoms with Crippen LogP contribution in [0.15, 0.2) is 59.7 Å². The number of piperidine rings is 1. The van der Waals surface area contributed by atoms with Gasteiger partial charge in [-0.25, -0.2) is 9.59 Å². The minimum Gasteiger partial charge on any atom is -0.478 e. The SMILES string of the molecule is CCC(CC)N1C/C(=C\c2ccc(C(=O)O)cc2)C(=O)/C(=C/c2ccc(C(=O)O)cc2)C1. The van der Waals surface area contributed by atoms with E-state index in [2.05, 4.69) is 18.7 Å². The molecule has 1 heterocycles. The Morgan fingerprint density at radius 2 is 1.19 bits per heavy atom. The van der Waals surface area contributed by atoms with Crippen molar-refractivity contribution in [3.8, 4) is 0 Å². The summed E-state index contributed by atoms with van der Waals surface area (Å²) in [7, 11) is 0. The number of benzene rings is 2. The number of carboxylic acids is 2. The molecule has 0 aromatic heterocycles. The van der Waals surface area contributed by atoms with Crippen LogP contribution in [-0.2, 0) is 4.79 Å². The summed E-state index contributed by atoms with van der Waals surface area (Å²) in [6.45, 7) is 5.32. The van der Waals surface area contributed by atoms with Crippen LogP contribution < -0.4 is 0 Å². The average molecular weight is 434 g/mol. The maximum absolute atomic E-state index is 13.3. The number of carbonyl (C=O) groups excluding carboxylic acids is 1. The lowest BCUT2D eigenvalue weighted by Gasteiger charge is -2.35. The van der Waals surface area contributed by atoms with Gasteiger partial charge in [0.05, 0.1) is 11.1 Å².